The van der Waals surface area contributed by atoms with Crippen molar-refractivity contribution in [2.75, 3.05) is 36.0 Å². The van der Waals surface area contributed by atoms with E-state index in [0.717, 1.165) is 42.6 Å². The molecule has 2 fully saturated rings. The molecule has 12 heteroatoms. The van der Waals surface area contributed by atoms with Crippen molar-refractivity contribution >= 4 is 29.3 Å². The van der Waals surface area contributed by atoms with Crippen molar-refractivity contribution in [3.8, 4) is 5.69 Å². The molecule has 1 aromatic carbocycles. The Kier molecular flexibility index (Phi) is 4.51. The first kappa shape index (κ1) is 20.3. The molecule has 1 spiro atoms. The van der Waals surface area contributed by atoms with Gasteiger partial charge in [0.2, 0.25) is 5.95 Å². The molecular weight excluding hydrogens is 454 g/mol. The summed E-state index contributed by atoms with van der Waals surface area (Å²) in [6.07, 6.45) is 2.01. The predicted octanol–water partition coefficient (Wildman–Crippen LogP) is 2.14. The number of alkyl halides is 2. The lowest BCUT2D eigenvalue weighted by molar-refractivity contribution is -0.144. The third kappa shape index (κ3) is 3.29. The van der Waals surface area contributed by atoms with Crippen LogP contribution < -0.4 is 9.80 Å². The highest BCUT2D eigenvalue weighted by Gasteiger charge is 2.53. The average Bonchev–Trinajstić information content (AvgIpc) is 3.07. The Morgan fingerprint density at radius 2 is 1.85 bits per heavy atom. The Labute approximate surface area is 192 Å². The highest BCUT2D eigenvalue weighted by Crippen LogP contribution is 2.43. The number of halogens is 3. The van der Waals surface area contributed by atoms with Gasteiger partial charge in [-0.25, -0.2) is 4.98 Å². The van der Waals surface area contributed by atoms with E-state index in [-0.39, 0.29) is 18.5 Å². The zero-order valence-electron chi connectivity index (χ0n) is 17.4. The summed E-state index contributed by atoms with van der Waals surface area (Å²) in [6, 6.07) is 5.25. The van der Waals surface area contributed by atoms with Crippen LogP contribution in [0.2, 0.25) is 5.02 Å². The fraction of sp³-hybridized carbons (Fsp3) is 0.381. The molecule has 9 nitrogen and oxygen atoms in total. The lowest BCUT2D eigenvalue weighted by Gasteiger charge is -2.60. The summed E-state index contributed by atoms with van der Waals surface area (Å²) in [5.74, 6) is 0.715. The summed E-state index contributed by atoms with van der Waals surface area (Å²) in [5.41, 5.74) is 1.56. The number of hydrogen-bond acceptors (Lipinski definition) is 7. The fourth-order valence-corrected chi connectivity index (χ4v) is 5.17. The van der Waals surface area contributed by atoms with E-state index in [4.69, 9.17) is 11.6 Å². The Morgan fingerprint density at radius 1 is 1.06 bits per heavy atom. The van der Waals surface area contributed by atoms with Gasteiger partial charge < -0.3 is 14.7 Å². The second-order valence-electron chi connectivity index (χ2n) is 8.80. The summed E-state index contributed by atoms with van der Waals surface area (Å²) in [4.78, 5) is 26.0. The Balaban J connectivity index is 1.27. The number of hydrogen-bond donors (Lipinski definition) is 0. The molecule has 3 aliphatic rings. The molecule has 0 radical (unpaired) electrons. The number of anilines is 2. The molecule has 1 amide bonds. The van der Waals surface area contributed by atoms with Gasteiger partial charge in [0.25, 0.3) is 5.91 Å². The van der Waals surface area contributed by atoms with Crippen LogP contribution in [0.4, 0.5) is 20.5 Å². The van der Waals surface area contributed by atoms with Gasteiger partial charge >= 0.3 is 6.43 Å². The minimum Gasteiger partial charge on any atom is -0.354 e. The first-order valence-corrected chi connectivity index (χ1v) is 10.9. The molecule has 2 aromatic heterocycles. The minimum absolute atomic E-state index is 0.0267. The first-order valence-electron chi connectivity index (χ1n) is 10.5. The lowest BCUT2D eigenvalue weighted by Crippen LogP contribution is -2.73. The van der Waals surface area contributed by atoms with E-state index in [9.17, 15) is 13.6 Å². The van der Waals surface area contributed by atoms with Crippen LogP contribution in [0.1, 0.15) is 11.4 Å². The molecule has 0 saturated carbocycles. The van der Waals surface area contributed by atoms with Crippen LogP contribution in [0.5, 0.6) is 0 Å². The summed E-state index contributed by atoms with van der Waals surface area (Å²) in [6.45, 7) is 3.33. The maximum absolute atomic E-state index is 13.2. The number of carbonyl (C=O) groups is 1. The molecule has 170 valence electrons. The van der Waals surface area contributed by atoms with E-state index >= 15 is 0 Å². The molecule has 0 bridgehead atoms. The van der Waals surface area contributed by atoms with Crippen LogP contribution in [-0.2, 0) is 17.9 Å². The molecule has 0 atom stereocenters. The number of benzene rings is 1. The highest BCUT2D eigenvalue weighted by molar-refractivity contribution is 6.30. The topological polar surface area (TPSA) is 83.3 Å². The Bertz CT molecular complexity index is 1220. The van der Waals surface area contributed by atoms with Gasteiger partial charge in [0.15, 0.2) is 5.82 Å². The van der Waals surface area contributed by atoms with Crippen LogP contribution in [-0.4, -0.2) is 68.1 Å². The number of rotatable bonds is 3. The second kappa shape index (κ2) is 7.34. The van der Waals surface area contributed by atoms with Crippen LogP contribution in [0.25, 0.3) is 5.69 Å². The number of nitrogens with zero attached hydrogens (tertiary/aromatic N) is 8. The Hall–Kier alpha value is -3.34. The molecule has 3 aliphatic heterocycles. The minimum atomic E-state index is -3.09. The number of fused-ring (bicyclic) bond motifs is 3. The molecule has 5 heterocycles. The summed E-state index contributed by atoms with van der Waals surface area (Å²) in [5, 5.41) is 9.10. The molecule has 0 aliphatic carbocycles. The quantitative estimate of drug-likeness (QED) is 0.577. The van der Waals surface area contributed by atoms with Gasteiger partial charge in [-0.15, -0.1) is 10.2 Å². The summed E-state index contributed by atoms with van der Waals surface area (Å²) < 4.78 is 28.2. The average molecular weight is 473 g/mol. The third-order valence-corrected chi connectivity index (χ3v) is 6.68. The zero-order chi connectivity index (χ0) is 22.7. The molecule has 6 rings (SSSR count). The van der Waals surface area contributed by atoms with E-state index in [1.165, 1.54) is 0 Å². The van der Waals surface area contributed by atoms with Gasteiger partial charge in [0.1, 0.15) is 5.82 Å². The Morgan fingerprint density at radius 3 is 2.58 bits per heavy atom. The van der Waals surface area contributed by atoms with Crippen molar-refractivity contribution < 1.29 is 13.6 Å². The molecule has 2 saturated heterocycles. The van der Waals surface area contributed by atoms with Crippen LogP contribution in [0, 0.1) is 5.41 Å². The lowest BCUT2D eigenvalue weighted by atomic mass is 9.73. The maximum atomic E-state index is 13.2. The van der Waals surface area contributed by atoms with E-state index in [0.29, 0.717) is 22.4 Å². The van der Waals surface area contributed by atoms with Crippen LogP contribution >= 0.6 is 11.6 Å². The van der Waals surface area contributed by atoms with Crippen molar-refractivity contribution in [1.29, 1.82) is 0 Å². The van der Waals surface area contributed by atoms with E-state index in [1.807, 2.05) is 10.6 Å². The van der Waals surface area contributed by atoms with E-state index in [1.54, 1.807) is 30.7 Å². The molecule has 0 N–H and O–H groups in total. The van der Waals surface area contributed by atoms with Gasteiger partial charge in [-0.05, 0) is 23.8 Å². The zero-order valence-corrected chi connectivity index (χ0v) is 18.2. The van der Waals surface area contributed by atoms with E-state index in [2.05, 4.69) is 30.0 Å². The molecular formula is C21H19ClF2N8O. The van der Waals surface area contributed by atoms with Gasteiger partial charge in [0.05, 0.1) is 18.4 Å². The second-order valence-corrected chi connectivity index (χ2v) is 9.23. The van der Waals surface area contributed by atoms with E-state index < -0.39 is 12.3 Å². The fourth-order valence-electron chi connectivity index (χ4n) is 4.97. The monoisotopic (exact) mass is 472 g/mol. The highest BCUT2D eigenvalue weighted by atomic mass is 35.5. The van der Waals surface area contributed by atoms with Crippen molar-refractivity contribution in [2.45, 2.75) is 19.5 Å². The van der Waals surface area contributed by atoms with Crippen molar-refractivity contribution in [2.24, 2.45) is 5.41 Å². The van der Waals surface area contributed by atoms with Crippen LogP contribution in [0.15, 0.2) is 36.8 Å². The number of carbonyl (C=O) groups excluding carboxylic acids is 1. The van der Waals surface area contributed by atoms with Crippen LogP contribution in [0.3, 0.4) is 0 Å². The number of aromatic nitrogens is 5. The predicted molar refractivity (Wildman–Crippen MR) is 116 cm³/mol. The van der Waals surface area contributed by atoms with Crippen molar-refractivity contribution in [3.63, 3.8) is 0 Å². The standard InChI is InChI=1S/C21H19ClF2N8O/c22-14-1-2-15-13(5-14)7-29(19(33)18(23)24)8-17-27-28-20(32(15)17)31-11-21(12-31)9-30(10-21)16-6-25-3-4-26-16/h1-6,18H,7-12H2. The van der Waals surface area contributed by atoms with Crippen molar-refractivity contribution in [1.82, 2.24) is 29.6 Å². The molecule has 0 unspecified atom stereocenters. The smallest absolute Gasteiger partial charge is 0.315 e. The molecule has 33 heavy (non-hydrogen) atoms. The summed E-state index contributed by atoms with van der Waals surface area (Å²) >= 11 is 6.17. The maximum Gasteiger partial charge on any atom is 0.315 e. The first-order chi connectivity index (χ1) is 15.9. The third-order valence-electron chi connectivity index (χ3n) is 6.45. The van der Waals surface area contributed by atoms with Crippen molar-refractivity contribution in [3.05, 3.63) is 53.2 Å². The molecule has 3 aromatic rings. The van der Waals surface area contributed by atoms with Gasteiger partial charge in [-0.2, -0.15) is 8.78 Å². The number of amides is 1. The largest absolute Gasteiger partial charge is 0.354 e. The SMILES string of the molecule is O=C(C(F)F)N1Cc2cc(Cl)ccc2-n2c(nnc2N2CC3(CN(c4cnccn4)C3)C2)C1. The summed E-state index contributed by atoms with van der Waals surface area (Å²) in [7, 11) is 0. The van der Waals surface area contributed by atoms with Gasteiger partial charge in [-0.1, -0.05) is 11.6 Å². The van der Waals surface area contributed by atoms with Gasteiger partial charge in [0, 0.05) is 55.6 Å². The normalized spacial score (nSPS) is 18.5. The van der Waals surface area contributed by atoms with Gasteiger partial charge in [-0.3, -0.25) is 14.3 Å².